The van der Waals surface area contributed by atoms with Crippen molar-refractivity contribution in [1.29, 1.82) is 0 Å². The number of benzene rings is 1. The largest absolute Gasteiger partial charge is 0.354 e. The van der Waals surface area contributed by atoms with Crippen molar-refractivity contribution in [3.63, 3.8) is 0 Å². The molecule has 0 spiro atoms. The molecular formula is C12H11Cl3N4S. The van der Waals surface area contributed by atoms with E-state index >= 15 is 0 Å². The fourth-order valence-corrected chi connectivity index (χ4v) is 2.70. The molecule has 0 saturated carbocycles. The zero-order valence-electron chi connectivity index (χ0n) is 10.5. The summed E-state index contributed by atoms with van der Waals surface area (Å²) in [5.41, 5.74) is 0. The summed E-state index contributed by atoms with van der Waals surface area (Å²) in [5.74, 6) is 0.467. The van der Waals surface area contributed by atoms with Gasteiger partial charge in [0, 0.05) is 11.4 Å². The maximum atomic E-state index is 5.97. The Morgan fingerprint density at radius 2 is 1.90 bits per heavy atom. The molecular weight excluding hydrogens is 339 g/mol. The Morgan fingerprint density at radius 1 is 1.10 bits per heavy atom. The van der Waals surface area contributed by atoms with Crippen molar-refractivity contribution in [2.75, 3.05) is 11.9 Å². The van der Waals surface area contributed by atoms with Crippen LogP contribution in [0.1, 0.15) is 13.3 Å². The molecule has 0 radical (unpaired) electrons. The van der Waals surface area contributed by atoms with Gasteiger partial charge < -0.3 is 5.32 Å². The molecule has 106 valence electrons. The Bertz CT molecular complexity index is 609. The van der Waals surface area contributed by atoms with Crippen LogP contribution in [0.2, 0.25) is 15.3 Å². The van der Waals surface area contributed by atoms with Crippen LogP contribution in [0.25, 0.3) is 0 Å². The third-order valence-electron chi connectivity index (χ3n) is 2.22. The summed E-state index contributed by atoms with van der Waals surface area (Å²) >= 11 is 19.1. The average molecular weight is 350 g/mol. The second-order valence-corrected chi connectivity index (χ2v) is 6.01. The topological polar surface area (TPSA) is 50.7 Å². The highest BCUT2D eigenvalue weighted by Crippen LogP contribution is 2.31. The number of rotatable bonds is 5. The lowest BCUT2D eigenvalue weighted by atomic mass is 10.4. The number of halogens is 3. The molecule has 1 heterocycles. The van der Waals surface area contributed by atoms with Gasteiger partial charge in [-0.2, -0.15) is 15.0 Å². The van der Waals surface area contributed by atoms with Crippen LogP contribution in [0.15, 0.2) is 28.3 Å². The van der Waals surface area contributed by atoms with Gasteiger partial charge in [-0.1, -0.05) is 30.1 Å². The minimum atomic E-state index is 0.154. The standard InChI is InChI=1S/C12H11Cl3N4S/c1-2-5-16-11-17-10(15)18-12(19-11)20-7-3-4-8(13)9(14)6-7/h3-4,6H,2,5H2,1H3,(H,16,17,18,19). The van der Waals surface area contributed by atoms with Gasteiger partial charge in [0.25, 0.3) is 0 Å². The van der Waals surface area contributed by atoms with E-state index in [1.165, 1.54) is 11.8 Å². The maximum absolute atomic E-state index is 5.97. The molecule has 0 amide bonds. The molecule has 0 saturated heterocycles. The van der Waals surface area contributed by atoms with Crippen LogP contribution in [-0.2, 0) is 0 Å². The Labute approximate surface area is 136 Å². The summed E-state index contributed by atoms with van der Waals surface area (Å²) in [7, 11) is 0. The third kappa shape index (κ3) is 4.38. The number of hydrogen-bond donors (Lipinski definition) is 1. The predicted molar refractivity (Wildman–Crippen MR) is 84.2 cm³/mol. The molecule has 2 aromatic rings. The highest BCUT2D eigenvalue weighted by Gasteiger charge is 2.08. The summed E-state index contributed by atoms with van der Waals surface area (Å²) in [6.45, 7) is 2.83. The van der Waals surface area contributed by atoms with Crippen molar-refractivity contribution in [2.24, 2.45) is 0 Å². The minimum absolute atomic E-state index is 0.154. The van der Waals surface area contributed by atoms with Crippen LogP contribution in [0.4, 0.5) is 5.95 Å². The zero-order chi connectivity index (χ0) is 14.5. The van der Waals surface area contributed by atoms with Crippen LogP contribution < -0.4 is 5.32 Å². The van der Waals surface area contributed by atoms with E-state index in [4.69, 9.17) is 34.8 Å². The Morgan fingerprint density at radius 3 is 2.60 bits per heavy atom. The minimum Gasteiger partial charge on any atom is -0.354 e. The van der Waals surface area contributed by atoms with Gasteiger partial charge in [-0.05, 0) is 48.0 Å². The normalized spacial score (nSPS) is 10.6. The average Bonchev–Trinajstić information content (AvgIpc) is 2.40. The lowest BCUT2D eigenvalue weighted by molar-refractivity contribution is 0.878. The fourth-order valence-electron chi connectivity index (χ4n) is 1.34. The monoisotopic (exact) mass is 348 g/mol. The highest BCUT2D eigenvalue weighted by atomic mass is 35.5. The van der Waals surface area contributed by atoms with E-state index < -0.39 is 0 Å². The van der Waals surface area contributed by atoms with E-state index in [1.54, 1.807) is 12.1 Å². The highest BCUT2D eigenvalue weighted by molar-refractivity contribution is 7.99. The van der Waals surface area contributed by atoms with Gasteiger partial charge in [0.15, 0.2) is 5.16 Å². The summed E-state index contributed by atoms with van der Waals surface area (Å²) in [6, 6.07) is 5.33. The lowest BCUT2D eigenvalue weighted by Crippen LogP contribution is -2.06. The Kier molecular flexibility index (Phi) is 5.72. The third-order valence-corrected chi connectivity index (χ3v) is 3.98. The molecule has 0 fully saturated rings. The first-order valence-electron chi connectivity index (χ1n) is 5.87. The van der Waals surface area contributed by atoms with Crippen LogP contribution in [0.3, 0.4) is 0 Å². The van der Waals surface area contributed by atoms with Gasteiger partial charge in [0.2, 0.25) is 11.2 Å². The van der Waals surface area contributed by atoms with Crippen molar-refractivity contribution < 1.29 is 0 Å². The molecule has 20 heavy (non-hydrogen) atoms. The molecule has 4 nitrogen and oxygen atoms in total. The first-order chi connectivity index (χ1) is 9.58. The van der Waals surface area contributed by atoms with Crippen LogP contribution in [-0.4, -0.2) is 21.5 Å². The first kappa shape index (κ1) is 15.6. The van der Waals surface area contributed by atoms with Gasteiger partial charge in [0.05, 0.1) is 10.0 Å². The molecule has 0 bridgehead atoms. The van der Waals surface area contributed by atoms with Gasteiger partial charge in [-0.15, -0.1) is 0 Å². The molecule has 1 N–H and O–H groups in total. The second-order valence-electron chi connectivity index (χ2n) is 3.82. The molecule has 0 unspecified atom stereocenters. The maximum Gasteiger partial charge on any atom is 0.228 e. The van der Waals surface area contributed by atoms with Crippen molar-refractivity contribution in [2.45, 2.75) is 23.4 Å². The summed E-state index contributed by atoms with van der Waals surface area (Å²) in [4.78, 5) is 13.3. The second kappa shape index (κ2) is 7.31. The van der Waals surface area contributed by atoms with Crippen LogP contribution in [0.5, 0.6) is 0 Å². The summed E-state index contributed by atoms with van der Waals surface area (Å²) < 4.78 is 0. The number of nitrogens with zero attached hydrogens (tertiary/aromatic N) is 3. The molecule has 0 atom stereocenters. The summed E-state index contributed by atoms with van der Waals surface area (Å²) in [5, 5.41) is 4.73. The number of anilines is 1. The molecule has 0 aliphatic heterocycles. The van der Waals surface area contributed by atoms with E-state index in [0.29, 0.717) is 21.2 Å². The molecule has 1 aromatic carbocycles. The van der Waals surface area contributed by atoms with E-state index in [2.05, 4.69) is 27.2 Å². The van der Waals surface area contributed by atoms with Crippen molar-refractivity contribution in [3.8, 4) is 0 Å². The quantitative estimate of drug-likeness (QED) is 0.840. The first-order valence-corrected chi connectivity index (χ1v) is 7.82. The number of hydrogen-bond acceptors (Lipinski definition) is 5. The van der Waals surface area contributed by atoms with Crippen molar-refractivity contribution in [1.82, 2.24) is 15.0 Å². The summed E-state index contributed by atoms with van der Waals surface area (Å²) in [6.07, 6.45) is 0.971. The van der Waals surface area contributed by atoms with Crippen molar-refractivity contribution >= 4 is 52.5 Å². The molecule has 1 aromatic heterocycles. The van der Waals surface area contributed by atoms with Gasteiger partial charge in [-0.3, -0.25) is 0 Å². The van der Waals surface area contributed by atoms with Gasteiger partial charge >= 0.3 is 0 Å². The van der Waals surface area contributed by atoms with E-state index in [9.17, 15) is 0 Å². The van der Waals surface area contributed by atoms with E-state index in [0.717, 1.165) is 17.9 Å². The van der Waals surface area contributed by atoms with E-state index in [-0.39, 0.29) is 5.28 Å². The predicted octanol–water partition coefficient (Wildman–Crippen LogP) is 4.80. The van der Waals surface area contributed by atoms with Gasteiger partial charge in [0.1, 0.15) is 0 Å². The zero-order valence-corrected chi connectivity index (χ0v) is 13.6. The Hall–Kier alpha value is -0.750. The SMILES string of the molecule is CCCNc1nc(Cl)nc(Sc2ccc(Cl)c(Cl)c2)n1. The molecule has 0 aliphatic rings. The fraction of sp³-hybridized carbons (Fsp3) is 0.250. The molecule has 8 heteroatoms. The lowest BCUT2D eigenvalue weighted by Gasteiger charge is -2.06. The number of nitrogens with one attached hydrogen (secondary N) is 1. The molecule has 0 aliphatic carbocycles. The van der Waals surface area contributed by atoms with Crippen molar-refractivity contribution in [3.05, 3.63) is 33.5 Å². The molecule has 2 rings (SSSR count). The van der Waals surface area contributed by atoms with Crippen LogP contribution >= 0.6 is 46.6 Å². The Balaban J connectivity index is 2.19. The van der Waals surface area contributed by atoms with E-state index in [1.807, 2.05) is 6.07 Å². The van der Waals surface area contributed by atoms with Gasteiger partial charge in [-0.25, -0.2) is 0 Å². The number of aromatic nitrogens is 3. The smallest absolute Gasteiger partial charge is 0.228 e. The van der Waals surface area contributed by atoms with Crippen LogP contribution in [0, 0.1) is 0 Å².